The second-order valence-corrected chi connectivity index (χ2v) is 9.41. The van der Waals surface area contributed by atoms with E-state index in [1.54, 1.807) is 91.1 Å². The van der Waals surface area contributed by atoms with E-state index in [0.29, 0.717) is 28.2 Å². The van der Waals surface area contributed by atoms with Gasteiger partial charge in [-0.2, -0.15) is 0 Å². The highest BCUT2D eigenvalue weighted by Crippen LogP contribution is 2.20. The fraction of sp³-hybridized carbons (Fsp3) is 0.0385. The highest BCUT2D eigenvalue weighted by Gasteiger charge is 2.14. The van der Waals surface area contributed by atoms with Gasteiger partial charge in [-0.15, -0.1) is 0 Å². The summed E-state index contributed by atoms with van der Waals surface area (Å²) in [5, 5.41) is 5.50. The first kappa shape index (κ1) is 23.7. The summed E-state index contributed by atoms with van der Waals surface area (Å²) in [6.07, 6.45) is 3.03. The Kier molecular flexibility index (Phi) is 6.88. The summed E-state index contributed by atoms with van der Waals surface area (Å²) in [7, 11) is -3.72. The van der Waals surface area contributed by atoms with E-state index in [4.69, 9.17) is 0 Å². The van der Waals surface area contributed by atoms with Gasteiger partial charge in [-0.3, -0.25) is 19.3 Å². The standard InChI is InChI=1S/C26H22N4O4S/c1-18-7-13-24(14-8-18)35(33,34)30-22-11-9-21(10-12-22)28-25(31)19-4-2-6-23(16-19)29-26(32)20-5-3-15-27-17-20/h2-17,30H,1H3,(H,28,31)(H,29,32). The molecule has 0 saturated heterocycles. The molecule has 0 spiro atoms. The van der Waals surface area contributed by atoms with Gasteiger partial charge < -0.3 is 10.6 Å². The quantitative estimate of drug-likeness (QED) is 0.350. The van der Waals surface area contributed by atoms with Crippen molar-refractivity contribution >= 4 is 38.9 Å². The second kappa shape index (κ2) is 10.2. The summed E-state index contributed by atoms with van der Waals surface area (Å²) in [4.78, 5) is 29.1. The monoisotopic (exact) mass is 486 g/mol. The van der Waals surface area contributed by atoms with Crippen molar-refractivity contribution in [2.24, 2.45) is 0 Å². The van der Waals surface area contributed by atoms with E-state index in [2.05, 4.69) is 20.3 Å². The van der Waals surface area contributed by atoms with E-state index in [1.807, 2.05) is 6.92 Å². The summed E-state index contributed by atoms with van der Waals surface area (Å²) in [5.74, 6) is -0.713. The lowest BCUT2D eigenvalue weighted by Crippen LogP contribution is -2.15. The number of rotatable bonds is 7. The number of amides is 2. The second-order valence-electron chi connectivity index (χ2n) is 7.73. The third-order valence-corrected chi connectivity index (χ3v) is 6.43. The van der Waals surface area contributed by atoms with E-state index < -0.39 is 10.0 Å². The van der Waals surface area contributed by atoms with Crippen molar-refractivity contribution in [3.05, 3.63) is 114 Å². The average Bonchev–Trinajstić information content (AvgIpc) is 2.86. The Morgan fingerprint density at radius 3 is 2.03 bits per heavy atom. The fourth-order valence-electron chi connectivity index (χ4n) is 3.19. The van der Waals surface area contributed by atoms with Crippen LogP contribution in [-0.2, 0) is 10.0 Å². The van der Waals surface area contributed by atoms with Crippen LogP contribution in [0.4, 0.5) is 17.1 Å². The maximum absolute atomic E-state index is 12.7. The number of nitrogens with one attached hydrogen (secondary N) is 3. The number of benzene rings is 3. The Bertz CT molecular complexity index is 1450. The molecule has 0 aliphatic heterocycles. The predicted octanol–water partition coefficient (Wildman–Crippen LogP) is 4.70. The van der Waals surface area contributed by atoms with Crippen LogP contribution in [0, 0.1) is 6.92 Å². The molecular formula is C26H22N4O4S. The number of hydrogen-bond acceptors (Lipinski definition) is 5. The van der Waals surface area contributed by atoms with Gasteiger partial charge >= 0.3 is 0 Å². The van der Waals surface area contributed by atoms with Crippen LogP contribution in [-0.4, -0.2) is 25.2 Å². The molecule has 2 amide bonds. The maximum Gasteiger partial charge on any atom is 0.261 e. The van der Waals surface area contributed by atoms with Crippen molar-refractivity contribution in [2.75, 3.05) is 15.4 Å². The first-order valence-electron chi connectivity index (χ1n) is 10.6. The van der Waals surface area contributed by atoms with Gasteiger partial charge in [0.2, 0.25) is 0 Å². The fourth-order valence-corrected chi connectivity index (χ4v) is 4.25. The number of aryl methyl sites for hydroxylation is 1. The minimum absolute atomic E-state index is 0.163. The number of nitrogens with zero attached hydrogens (tertiary/aromatic N) is 1. The van der Waals surface area contributed by atoms with Crippen LogP contribution >= 0.6 is 0 Å². The lowest BCUT2D eigenvalue weighted by molar-refractivity contribution is 0.101. The number of anilines is 3. The smallest absolute Gasteiger partial charge is 0.261 e. The molecule has 0 radical (unpaired) electrons. The van der Waals surface area contributed by atoms with Crippen molar-refractivity contribution in [2.45, 2.75) is 11.8 Å². The minimum Gasteiger partial charge on any atom is -0.322 e. The zero-order valence-corrected chi connectivity index (χ0v) is 19.5. The number of sulfonamides is 1. The molecule has 0 aliphatic carbocycles. The first-order chi connectivity index (χ1) is 16.8. The molecule has 3 N–H and O–H groups in total. The van der Waals surface area contributed by atoms with Crippen LogP contribution < -0.4 is 15.4 Å². The molecule has 4 rings (SSSR count). The molecule has 0 aliphatic rings. The molecule has 1 aromatic heterocycles. The maximum atomic E-state index is 12.7. The van der Waals surface area contributed by atoms with Crippen molar-refractivity contribution in [1.29, 1.82) is 0 Å². The molecular weight excluding hydrogens is 464 g/mol. The largest absolute Gasteiger partial charge is 0.322 e. The number of pyridine rings is 1. The molecule has 0 fully saturated rings. The number of hydrogen-bond donors (Lipinski definition) is 3. The van der Waals surface area contributed by atoms with E-state index in [9.17, 15) is 18.0 Å². The SMILES string of the molecule is Cc1ccc(S(=O)(=O)Nc2ccc(NC(=O)c3cccc(NC(=O)c4cccnc4)c3)cc2)cc1. The van der Waals surface area contributed by atoms with Gasteiger partial charge in [-0.25, -0.2) is 8.42 Å². The highest BCUT2D eigenvalue weighted by atomic mass is 32.2. The summed E-state index contributed by atoms with van der Waals surface area (Å²) in [5.41, 5.74) is 3.03. The molecule has 35 heavy (non-hydrogen) atoms. The van der Waals surface area contributed by atoms with E-state index in [0.717, 1.165) is 5.56 Å². The molecule has 4 aromatic rings. The van der Waals surface area contributed by atoms with Crippen LogP contribution in [0.25, 0.3) is 0 Å². The number of carbonyl (C=O) groups is 2. The van der Waals surface area contributed by atoms with Gasteiger partial charge in [0.05, 0.1) is 10.5 Å². The molecule has 0 unspecified atom stereocenters. The molecule has 1 heterocycles. The van der Waals surface area contributed by atoms with E-state index >= 15 is 0 Å². The summed E-state index contributed by atoms with van der Waals surface area (Å²) in [6.45, 7) is 1.88. The molecule has 0 bridgehead atoms. The Labute approximate surface area is 203 Å². The van der Waals surface area contributed by atoms with Crippen molar-refractivity contribution in [3.63, 3.8) is 0 Å². The molecule has 0 atom stereocenters. The zero-order valence-electron chi connectivity index (χ0n) is 18.7. The Hall–Kier alpha value is -4.50. The molecule has 176 valence electrons. The molecule has 8 nitrogen and oxygen atoms in total. The molecule has 0 saturated carbocycles. The Morgan fingerprint density at radius 2 is 1.34 bits per heavy atom. The van der Waals surface area contributed by atoms with Crippen LogP contribution in [0.15, 0.2) is 102 Å². The summed E-state index contributed by atoms with van der Waals surface area (Å²) in [6, 6.07) is 22.7. The van der Waals surface area contributed by atoms with Crippen LogP contribution in [0.3, 0.4) is 0 Å². The van der Waals surface area contributed by atoms with Gasteiger partial charge in [-0.05, 0) is 73.7 Å². The topological polar surface area (TPSA) is 117 Å². The Balaban J connectivity index is 1.40. The lowest BCUT2D eigenvalue weighted by Gasteiger charge is -2.11. The normalized spacial score (nSPS) is 10.9. The first-order valence-corrected chi connectivity index (χ1v) is 12.1. The van der Waals surface area contributed by atoms with Crippen LogP contribution in [0.2, 0.25) is 0 Å². The van der Waals surface area contributed by atoms with Gasteiger partial charge in [-0.1, -0.05) is 23.8 Å². The minimum atomic E-state index is -3.72. The van der Waals surface area contributed by atoms with Crippen LogP contribution in [0.5, 0.6) is 0 Å². The average molecular weight is 487 g/mol. The predicted molar refractivity (Wildman–Crippen MR) is 135 cm³/mol. The van der Waals surface area contributed by atoms with Gasteiger partial charge in [0, 0.05) is 35.0 Å². The van der Waals surface area contributed by atoms with Gasteiger partial charge in [0.15, 0.2) is 0 Å². The number of carbonyl (C=O) groups excluding carboxylic acids is 2. The van der Waals surface area contributed by atoms with Gasteiger partial charge in [0.1, 0.15) is 0 Å². The molecule has 3 aromatic carbocycles. The van der Waals surface area contributed by atoms with Crippen molar-refractivity contribution < 1.29 is 18.0 Å². The third kappa shape index (κ3) is 6.10. The van der Waals surface area contributed by atoms with Crippen molar-refractivity contribution in [3.8, 4) is 0 Å². The highest BCUT2D eigenvalue weighted by molar-refractivity contribution is 7.92. The van der Waals surface area contributed by atoms with Crippen LogP contribution in [0.1, 0.15) is 26.3 Å². The van der Waals surface area contributed by atoms with E-state index in [-0.39, 0.29) is 16.7 Å². The summed E-state index contributed by atoms with van der Waals surface area (Å²) < 4.78 is 27.6. The van der Waals surface area contributed by atoms with Crippen molar-refractivity contribution in [1.82, 2.24) is 4.98 Å². The van der Waals surface area contributed by atoms with E-state index in [1.165, 1.54) is 6.20 Å². The summed E-state index contributed by atoms with van der Waals surface area (Å²) >= 11 is 0. The number of aromatic nitrogens is 1. The zero-order chi connectivity index (χ0) is 24.8. The Morgan fingerprint density at radius 1 is 0.714 bits per heavy atom. The van der Waals surface area contributed by atoms with Gasteiger partial charge in [0.25, 0.3) is 21.8 Å². The third-order valence-electron chi connectivity index (χ3n) is 5.03. The molecule has 9 heteroatoms. The lowest BCUT2D eigenvalue weighted by atomic mass is 10.1.